The minimum absolute atomic E-state index is 0.307. The lowest BCUT2D eigenvalue weighted by Crippen LogP contribution is -2.01. The second kappa shape index (κ2) is 12.6. The Kier molecular flexibility index (Phi) is 9.30. The predicted octanol–water partition coefficient (Wildman–Crippen LogP) is 7.61. The van der Waals surface area contributed by atoms with Crippen LogP contribution in [0.4, 0.5) is 0 Å². The summed E-state index contributed by atoms with van der Waals surface area (Å²) in [5, 5.41) is 8.92. The second-order valence-corrected chi connectivity index (χ2v) is 8.60. The SMILES string of the molecule is Cc1cc(OCc2ccccc2)ccc1Br.Cc1cc(OCc2ccccc2)ccc1C(=O)O. The van der Waals surface area contributed by atoms with Gasteiger partial charge in [-0.25, -0.2) is 4.79 Å². The van der Waals surface area contributed by atoms with Crippen LogP contribution < -0.4 is 9.47 Å². The molecule has 0 aliphatic carbocycles. The van der Waals surface area contributed by atoms with Crippen molar-refractivity contribution in [3.05, 3.63) is 129 Å². The molecule has 0 fully saturated rings. The molecule has 0 saturated carbocycles. The quantitative estimate of drug-likeness (QED) is 0.273. The molecule has 0 aromatic heterocycles. The van der Waals surface area contributed by atoms with E-state index in [1.807, 2.05) is 66.7 Å². The number of carbonyl (C=O) groups is 1. The number of carboxylic acid groups (broad SMARTS) is 1. The molecule has 0 saturated heterocycles. The summed E-state index contributed by atoms with van der Waals surface area (Å²) < 4.78 is 12.4. The highest BCUT2D eigenvalue weighted by molar-refractivity contribution is 9.10. The van der Waals surface area contributed by atoms with Gasteiger partial charge in [-0.05, 0) is 72.5 Å². The summed E-state index contributed by atoms with van der Waals surface area (Å²) in [4.78, 5) is 10.9. The molecule has 174 valence electrons. The molecule has 4 aromatic rings. The molecule has 0 aliphatic rings. The van der Waals surface area contributed by atoms with E-state index in [1.165, 1.54) is 11.1 Å². The van der Waals surface area contributed by atoms with Gasteiger partial charge in [0.15, 0.2) is 0 Å². The van der Waals surface area contributed by atoms with E-state index in [0.717, 1.165) is 15.8 Å². The highest BCUT2D eigenvalue weighted by Gasteiger charge is 2.07. The van der Waals surface area contributed by atoms with Gasteiger partial charge in [-0.2, -0.15) is 0 Å². The number of aryl methyl sites for hydroxylation is 2. The Balaban J connectivity index is 0.000000192. The Bertz CT molecular complexity index is 1210. The predicted molar refractivity (Wildman–Crippen MR) is 139 cm³/mol. The van der Waals surface area contributed by atoms with Crippen molar-refractivity contribution < 1.29 is 19.4 Å². The molecular formula is C29H27BrO4. The third-order valence-corrected chi connectivity index (χ3v) is 5.94. The topological polar surface area (TPSA) is 55.8 Å². The summed E-state index contributed by atoms with van der Waals surface area (Å²) in [6.07, 6.45) is 0. The summed E-state index contributed by atoms with van der Waals surface area (Å²) in [5.74, 6) is 0.674. The van der Waals surface area contributed by atoms with Crippen LogP contribution in [0.2, 0.25) is 0 Å². The Morgan fingerprint density at radius 3 is 1.62 bits per heavy atom. The zero-order chi connectivity index (χ0) is 24.3. The lowest BCUT2D eigenvalue weighted by atomic mass is 10.1. The number of halogens is 1. The van der Waals surface area contributed by atoms with E-state index in [4.69, 9.17) is 14.6 Å². The van der Waals surface area contributed by atoms with E-state index in [9.17, 15) is 4.79 Å². The normalized spacial score (nSPS) is 10.1. The third kappa shape index (κ3) is 7.78. The molecule has 0 radical (unpaired) electrons. The largest absolute Gasteiger partial charge is 0.489 e. The van der Waals surface area contributed by atoms with Gasteiger partial charge < -0.3 is 14.6 Å². The maximum absolute atomic E-state index is 10.9. The number of hydrogen-bond acceptors (Lipinski definition) is 3. The van der Waals surface area contributed by atoms with Crippen molar-refractivity contribution in [1.29, 1.82) is 0 Å². The van der Waals surface area contributed by atoms with Gasteiger partial charge in [0.1, 0.15) is 24.7 Å². The highest BCUT2D eigenvalue weighted by Crippen LogP contribution is 2.22. The van der Waals surface area contributed by atoms with Gasteiger partial charge in [0.2, 0.25) is 0 Å². The Morgan fingerprint density at radius 2 is 1.18 bits per heavy atom. The fraction of sp³-hybridized carbons (Fsp3) is 0.138. The fourth-order valence-corrected chi connectivity index (χ4v) is 3.40. The van der Waals surface area contributed by atoms with Crippen LogP contribution in [-0.4, -0.2) is 11.1 Å². The van der Waals surface area contributed by atoms with Crippen LogP contribution in [0.15, 0.2) is 102 Å². The molecule has 34 heavy (non-hydrogen) atoms. The van der Waals surface area contributed by atoms with Crippen molar-refractivity contribution in [2.75, 3.05) is 0 Å². The summed E-state index contributed by atoms with van der Waals surface area (Å²) >= 11 is 3.47. The number of aromatic carboxylic acids is 1. The average molecular weight is 519 g/mol. The van der Waals surface area contributed by atoms with Gasteiger partial charge in [0.05, 0.1) is 5.56 Å². The molecule has 0 bridgehead atoms. The third-order valence-electron chi connectivity index (χ3n) is 5.05. The van der Waals surface area contributed by atoms with Crippen molar-refractivity contribution in [2.45, 2.75) is 27.1 Å². The first-order valence-corrected chi connectivity index (χ1v) is 11.6. The molecule has 4 nitrogen and oxygen atoms in total. The number of rotatable bonds is 7. The van der Waals surface area contributed by atoms with E-state index in [1.54, 1.807) is 25.1 Å². The van der Waals surface area contributed by atoms with Gasteiger partial charge in [0.25, 0.3) is 0 Å². The smallest absolute Gasteiger partial charge is 0.335 e. The number of ether oxygens (including phenoxy) is 2. The first-order chi connectivity index (χ1) is 16.4. The van der Waals surface area contributed by atoms with Crippen LogP contribution in [0.1, 0.15) is 32.6 Å². The summed E-state index contributed by atoms with van der Waals surface area (Å²) in [6.45, 7) is 4.91. The molecule has 0 atom stereocenters. The van der Waals surface area contributed by atoms with Crippen LogP contribution in [0, 0.1) is 13.8 Å². The Morgan fingerprint density at radius 1 is 0.706 bits per heavy atom. The molecule has 1 N–H and O–H groups in total. The van der Waals surface area contributed by atoms with E-state index in [2.05, 4.69) is 35.0 Å². The highest BCUT2D eigenvalue weighted by atomic mass is 79.9. The monoisotopic (exact) mass is 518 g/mol. The maximum Gasteiger partial charge on any atom is 0.335 e. The zero-order valence-electron chi connectivity index (χ0n) is 19.2. The number of carboxylic acids is 1. The molecule has 4 aromatic carbocycles. The Hall–Kier alpha value is -3.57. The first-order valence-electron chi connectivity index (χ1n) is 10.9. The molecule has 5 heteroatoms. The van der Waals surface area contributed by atoms with Gasteiger partial charge >= 0.3 is 5.97 Å². The van der Waals surface area contributed by atoms with Crippen molar-refractivity contribution in [1.82, 2.24) is 0 Å². The molecular weight excluding hydrogens is 492 g/mol. The summed E-state index contributed by atoms with van der Waals surface area (Å²) in [7, 11) is 0. The number of hydrogen-bond donors (Lipinski definition) is 1. The van der Waals surface area contributed by atoms with Gasteiger partial charge in [-0.1, -0.05) is 76.6 Å². The molecule has 0 amide bonds. The molecule has 0 unspecified atom stereocenters. The van der Waals surface area contributed by atoms with Crippen molar-refractivity contribution >= 4 is 21.9 Å². The standard InChI is InChI=1S/C15H14O3.C14H13BrO/c1-11-9-13(7-8-14(11)15(16)17)18-10-12-5-3-2-4-6-12;1-11-9-13(7-8-14(11)15)16-10-12-5-3-2-4-6-12/h2-9H,10H2,1H3,(H,16,17);2-9H,10H2,1H3. The van der Waals surface area contributed by atoms with E-state index >= 15 is 0 Å². The van der Waals surface area contributed by atoms with Gasteiger partial charge in [-0.3, -0.25) is 0 Å². The first kappa shape index (κ1) is 25.1. The molecule has 0 spiro atoms. The van der Waals surface area contributed by atoms with Crippen molar-refractivity contribution in [2.24, 2.45) is 0 Å². The minimum Gasteiger partial charge on any atom is -0.489 e. The lowest BCUT2D eigenvalue weighted by molar-refractivity contribution is 0.0696. The van der Waals surface area contributed by atoms with Crippen LogP contribution in [0.3, 0.4) is 0 Å². The van der Waals surface area contributed by atoms with E-state index < -0.39 is 5.97 Å². The minimum atomic E-state index is -0.915. The van der Waals surface area contributed by atoms with Crippen LogP contribution >= 0.6 is 15.9 Å². The Labute approximate surface area is 208 Å². The van der Waals surface area contributed by atoms with Crippen LogP contribution in [0.25, 0.3) is 0 Å². The zero-order valence-corrected chi connectivity index (χ0v) is 20.8. The van der Waals surface area contributed by atoms with Crippen molar-refractivity contribution in [3.8, 4) is 11.5 Å². The van der Waals surface area contributed by atoms with E-state index in [-0.39, 0.29) is 0 Å². The summed E-state index contributed by atoms with van der Waals surface area (Å²) in [6, 6.07) is 31.0. The lowest BCUT2D eigenvalue weighted by Gasteiger charge is -2.08. The van der Waals surface area contributed by atoms with E-state index in [0.29, 0.717) is 30.1 Å². The van der Waals surface area contributed by atoms with Crippen LogP contribution in [0.5, 0.6) is 11.5 Å². The van der Waals surface area contributed by atoms with Gasteiger partial charge in [0, 0.05) is 4.47 Å². The van der Waals surface area contributed by atoms with Gasteiger partial charge in [-0.15, -0.1) is 0 Å². The molecule has 4 rings (SSSR count). The average Bonchev–Trinajstić information content (AvgIpc) is 2.85. The van der Waals surface area contributed by atoms with Crippen LogP contribution in [-0.2, 0) is 13.2 Å². The molecule has 0 heterocycles. The fourth-order valence-electron chi connectivity index (χ4n) is 3.15. The molecule has 0 aliphatic heterocycles. The number of benzene rings is 4. The summed E-state index contributed by atoms with van der Waals surface area (Å²) in [5.41, 5.74) is 4.46. The second-order valence-electron chi connectivity index (χ2n) is 7.74. The van der Waals surface area contributed by atoms with Crippen molar-refractivity contribution in [3.63, 3.8) is 0 Å². The maximum atomic E-state index is 10.9.